The fourth-order valence-electron chi connectivity index (χ4n) is 2.43. The third-order valence-corrected chi connectivity index (χ3v) is 3.46. The second kappa shape index (κ2) is 5.03. The Morgan fingerprint density at radius 1 is 1.21 bits per heavy atom. The first-order valence-electron chi connectivity index (χ1n) is 6.42. The first-order chi connectivity index (χ1) is 9.24. The molecule has 1 fully saturated rings. The molecule has 1 saturated heterocycles. The molecule has 0 saturated carbocycles. The third kappa shape index (κ3) is 2.47. The van der Waals surface area contributed by atoms with E-state index in [9.17, 15) is 9.90 Å². The lowest BCUT2D eigenvalue weighted by molar-refractivity contribution is 0.230. The molecule has 19 heavy (non-hydrogen) atoms. The fourth-order valence-corrected chi connectivity index (χ4v) is 2.43. The van der Waals surface area contributed by atoms with Crippen LogP contribution in [-0.2, 0) is 6.54 Å². The highest BCUT2D eigenvalue weighted by molar-refractivity contribution is 5.81. The van der Waals surface area contributed by atoms with Crippen LogP contribution >= 0.6 is 0 Å². The minimum absolute atomic E-state index is 0.181. The van der Waals surface area contributed by atoms with E-state index < -0.39 is 0 Å². The zero-order chi connectivity index (χ0) is 13.2. The van der Waals surface area contributed by atoms with Gasteiger partial charge in [-0.15, -0.1) is 0 Å². The molecule has 0 bridgehead atoms. The maximum absolute atomic E-state index is 11.4. The number of rotatable bonds is 2. The number of hydrogen-bond donors (Lipinski definition) is 2. The van der Waals surface area contributed by atoms with Gasteiger partial charge in [0.2, 0.25) is 0 Å². The van der Waals surface area contributed by atoms with Crippen molar-refractivity contribution < 1.29 is 9.52 Å². The van der Waals surface area contributed by atoms with Crippen molar-refractivity contribution in [3.8, 4) is 5.75 Å². The maximum atomic E-state index is 11.4. The van der Waals surface area contributed by atoms with Crippen LogP contribution < -0.4 is 10.9 Å². The van der Waals surface area contributed by atoms with Gasteiger partial charge in [-0.25, -0.2) is 4.79 Å². The van der Waals surface area contributed by atoms with Gasteiger partial charge in [0.25, 0.3) is 0 Å². The molecule has 0 spiro atoms. The Kier molecular flexibility index (Phi) is 3.23. The molecule has 5 nitrogen and oxygen atoms in total. The van der Waals surface area contributed by atoms with Gasteiger partial charge in [-0.1, -0.05) is 0 Å². The van der Waals surface area contributed by atoms with Crippen molar-refractivity contribution in [2.75, 3.05) is 26.2 Å². The number of fused-ring (bicyclic) bond motifs is 1. The van der Waals surface area contributed by atoms with E-state index in [1.807, 2.05) is 0 Å². The van der Waals surface area contributed by atoms with Crippen LogP contribution in [0.1, 0.15) is 5.56 Å². The summed E-state index contributed by atoms with van der Waals surface area (Å²) in [4.78, 5) is 13.6. The van der Waals surface area contributed by atoms with Gasteiger partial charge in [0, 0.05) is 44.2 Å². The Morgan fingerprint density at radius 3 is 2.74 bits per heavy atom. The number of piperazine rings is 1. The molecule has 1 aromatic carbocycles. The van der Waals surface area contributed by atoms with E-state index in [0.29, 0.717) is 17.7 Å². The molecule has 0 atom stereocenters. The molecule has 0 unspecified atom stereocenters. The van der Waals surface area contributed by atoms with Crippen molar-refractivity contribution in [2.24, 2.45) is 0 Å². The summed E-state index contributed by atoms with van der Waals surface area (Å²) >= 11 is 0. The van der Waals surface area contributed by atoms with Crippen molar-refractivity contribution in [1.29, 1.82) is 0 Å². The molecule has 0 radical (unpaired) electrons. The van der Waals surface area contributed by atoms with Crippen molar-refractivity contribution in [2.45, 2.75) is 6.54 Å². The van der Waals surface area contributed by atoms with E-state index >= 15 is 0 Å². The second-order valence-corrected chi connectivity index (χ2v) is 4.76. The largest absolute Gasteiger partial charge is 0.507 e. The number of nitrogens with zero attached hydrogens (tertiary/aromatic N) is 1. The molecule has 1 aliphatic heterocycles. The van der Waals surface area contributed by atoms with Gasteiger partial charge in [0.1, 0.15) is 11.3 Å². The molecular weight excluding hydrogens is 244 g/mol. The molecule has 1 aromatic heterocycles. The second-order valence-electron chi connectivity index (χ2n) is 4.76. The van der Waals surface area contributed by atoms with Crippen LogP contribution in [0.3, 0.4) is 0 Å². The van der Waals surface area contributed by atoms with Crippen molar-refractivity contribution in [1.82, 2.24) is 10.2 Å². The van der Waals surface area contributed by atoms with E-state index in [-0.39, 0.29) is 11.4 Å². The van der Waals surface area contributed by atoms with Crippen molar-refractivity contribution in [3.05, 3.63) is 40.2 Å². The van der Waals surface area contributed by atoms with Gasteiger partial charge in [0.15, 0.2) is 0 Å². The molecule has 2 heterocycles. The van der Waals surface area contributed by atoms with Gasteiger partial charge in [0.05, 0.1) is 5.56 Å². The van der Waals surface area contributed by atoms with Crippen LogP contribution in [-0.4, -0.2) is 36.2 Å². The smallest absolute Gasteiger partial charge is 0.336 e. The first-order valence-corrected chi connectivity index (χ1v) is 6.42. The number of nitrogens with one attached hydrogen (secondary N) is 1. The summed E-state index contributed by atoms with van der Waals surface area (Å²) in [5, 5.41) is 14.1. The lowest BCUT2D eigenvalue weighted by Gasteiger charge is -2.27. The Labute approximate surface area is 110 Å². The monoisotopic (exact) mass is 260 g/mol. The van der Waals surface area contributed by atoms with Crippen molar-refractivity contribution in [3.63, 3.8) is 0 Å². The fraction of sp³-hybridized carbons (Fsp3) is 0.357. The highest BCUT2D eigenvalue weighted by Gasteiger charge is 2.16. The Bertz CT molecular complexity index is 645. The topological polar surface area (TPSA) is 65.7 Å². The average molecular weight is 260 g/mol. The van der Waals surface area contributed by atoms with Crippen LogP contribution in [0.5, 0.6) is 5.75 Å². The van der Waals surface area contributed by atoms with Gasteiger partial charge in [-0.05, 0) is 18.2 Å². The van der Waals surface area contributed by atoms with Crippen LogP contribution in [0.15, 0.2) is 33.5 Å². The zero-order valence-corrected chi connectivity index (χ0v) is 10.6. The average Bonchev–Trinajstić information content (AvgIpc) is 2.43. The van der Waals surface area contributed by atoms with Gasteiger partial charge < -0.3 is 14.8 Å². The molecule has 3 rings (SSSR count). The summed E-state index contributed by atoms with van der Waals surface area (Å²) in [5.74, 6) is 0.181. The van der Waals surface area contributed by atoms with Crippen LogP contribution in [0.25, 0.3) is 11.0 Å². The van der Waals surface area contributed by atoms with E-state index in [1.54, 1.807) is 18.2 Å². The molecule has 0 amide bonds. The van der Waals surface area contributed by atoms with Crippen LogP contribution in [0.2, 0.25) is 0 Å². The molecule has 2 N–H and O–H groups in total. The third-order valence-electron chi connectivity index (χ3n) is 3.46. The molecule has 2 aromatic rings. The predicted octanol–water partition coefficient (Wildman–Crippen LogP) is 0.904. The van der Waals surface area contributed by atoms with Gasteiger partial charge in [-0.3, -0.25) is 4.90 Å². The number of phenolic OH excluding ortho intramolecular Hbond substituents is 1. The minimum atomic E-state index is -0.389. The van der Waals surface area contributed by atoms with Crippen LogP contribution in [0.4, 0.5) is 0 Å². The molecule has 100 valence electrons. The summed E-state index contributed by atoms with van der Waals surface area (Å²) in [5.41, 5.74) is 0.794. The predicted molar refractivity (Wildman–Crippen MR) is 72.3 cm³/mol. The van der Waals surface area contributed by atoms with Gasteiger partial charge >= 0.3 is 5.63 Å². The lowest BCUT2D eigenvalue weighted by atomic mass is 10.1. The van der Waals surface area contributed by atoms with E-state index in [1.165, 1.54) is 6.07 Å². The standard InChI is InChI=1S/C14H16N2O3/c17-12-3-1-10-2-4-13(18)19-14(10)11(12)9-16-7-5-15-6-8-16/h1-4,15,17H,5-9H2. The maximum Gasteiger partial charge on any atom is 0.336 e. The Hall–Kier alpha value is -1.85. The lowest BCUT2D eigenvalue weighted by Crippen LogP contribution is -2.42. The summed E-state index contributed by atoms with van der Waals surface area (Å²) in [7, 11) is 0. The van der Waals surface area contributed by atoms with E-state index in [0.717, 1.165) is 31.6 Å². The summed E-state index contributed by atoms with van der Waals surface area (Å²) in [6.45, 7) is 4.32. The summed E-state index contributed by atoms with van der Waals surface area (Å²) in [6.07, 6.45) is 0. The molecule has 5 heteroatoms. The Balaban J connectivity index is 2.02. The highest BCUT2D eigenvalue weighted by Crippen LogP contribution is 2.27. The van der Waals surface area contributed by atoms with Gasteiger partial charge in [-0.2, -0.15) is 0 Å². The minimum Gasteiger partial charge on any atom is -0.507 e. The number of phenols is 1. The quantitative estimate of drug-likeness (QED) is 0.786. The summed E-state index contributed by atoms with van der Waals surface area (Å²) < 4.78 is 5.26. The van der Waals surface area contributed by atoms with E-state index in [2.05, 4.69) is 10.2 Å². The summed E-state index contributed by atoms with van der Waals surface area (Å²) in [6, 6.07) is 6.53. The first kappa shape index (κ1) is 12.2. The highest BCUT2D eigenvalue weighted by atomic mass is 16.4. The zero-order valence-electron chi connectivity index (χ0n) is 10.6. The van der Waals surface area contributed by atoms with Crippen LogP contribution in [0, 0.1) is 0 Å². The van der Waals surface area contributed by atoms with E-state index in [4.69, 9.17) is 4.42 Å². The normalized spacial score (nSPS) is 16.8. The molecule has 1 aliphatic rings. The molecular formula is C14H16N2O3. The number of aromatic hydroxyl groups is 1. The molecule has 0 aliphatic carbocycles. The SMILES string of the molecule is O=c1ccc2ccc(O)c(CN3CCNCC3)c2o1. The van der Waals surface area contributed by atoms with Crippen molar-refractivity contribution >= 4 is 11.0 Å². The Morgan fingerprint density at radius 2 is 1.95 bits per heavy atom. The number of hydrogen-bond acceptors (Lipinski definition) is 5. The number of benzene rings is 1.